The molecule has 0 amide bonds. The first-order chi connectivity index (χ1) is 6.83. The predicted molar refractivity (Wildman–Crippen MR) is 64.8 cm³/mol. The molecular weight excluding hydrogens is 192 g/mol. The van der Waals surface area contributed by atoms with Crippen molar-refractivity contribution in [1.82, 2.24) is 8.96 Å². The number of nitrogens with zero attached hydrogens (tertiary/aromatic N) is 2. The van der Waals surface area contributed by atoms with Gasteiger partial charge in [0.1, 0.15) is 5.82 Å². The Hall–Kier alpha value is -0.960. The maximum atomic E-state index is 4.42. The van der Waals surface area contributed by atoms with Crippen molar-refractivity contribution in [3.63, 3.8) is 0 Å². The second kappa shape index (κ2) is 5.05. The van der Waals surface area contributed by atoms with Gasteiger partial charge in [-0.15, -0.1) is 0 Å². The van der Waals surface area contributed by atoms with Crippen molar-refractivity contribution in [2.45, 2.75) is 27.2 Å². The molecule has 2 nitrogen and oxygen atoms in total. The van der Waals surface area contributed by atoms with Crippen molar-refractivity contribution >= 4 is 23.8 Å². The van der Waals surface area contributed by atoms with Crippen LogP contribution in [0.15, 0.2) is 24.3 Å². The maximum absolute atomic E-state index is 4.42. The Bertz CT molecular complexity index is 407. The zero-order valence-electron chi connectivity index (χ0n) is 8.86. The summed E-state index contributed by atoms with van der Waals surface area (Å²) >= 11 is 4.35. The molecule has 3 heteroatoms. The first-order valence-corrected chi connectivity index (χ1v) is 5.38. The highest BCUT2D eigenvalue weighted by Crippen LogP contribution is 2.16. The van der Waals surface area contributed by atoms with E-state index in [-0.39, 0.29) is 0 Å². The maximum Gasteiger partial charge on any atom is 0.119 e. The van der Waals surface area contributed by atoms with Crippen molar-refractivity contribution in [3.05, 3.63) is 30.1 Å². The van der Waals surface area contributed by atoms with Crippen LogP contribution in [0.1, 0.15) is 26.6 Å². The van der Waals surface area contributed by atoms with Crippen LogP contribution < -0.4 is 0 Å². The van der Waals surface area contributed by atoms with Gasteiger partial charge in [-0.2, -0.15) is 0 Å². The number of hydrogen-bond donors (Lipinski definition) is 1. The third-order valence-corrected chi connectivity index (χ3v) is 2.37. The molecule has 0 saturated heterocycles. The lowest BCUT2D eigenvalue weighted by molar-refractivity contribution is 0.976. The number of aromatic nitrogens is 2. The molecular formula is C11H16N2S. The fraction of sp³-hybridized carbons (Fsp3) is 0.364. The average molecular weight is 208 g/mol. The molecule has 14 heavy (non-hydrogen) atoms. The van der Waals surface area contributed by atoms with E-state index in [1.54, 1.807) is 0 Å². The minimum atomic E-state index is 0.915. The Labute approximate surface area is 90.5 Å². The molecule has 2 aromatic rings. The van der Waals surface area contributed by atoms with E-state index in [9.17, 15) is 0 Å². The molecule has 0 aliphatic carbocycles. The van der Waals surface area contributed by atoms with Gasteiger partial charge in [0, 0.05) is 6.42 Å². The lowest BCUT2D eigenvalue weighted by atomic mass is 10.3. The lowest BCUT2D eigenvalue weighted by Crippen LogP contribution is -1.88. The van der Waals surface area contributed by atoms with E-state index in [1.807, 2.05) is 42.1 Å². The summed E-state index contributed by atoms with van der Waals surface area (Å²) in [4.78, 5) is 4.42. The summed E-state index contributed by atoms with van der Waals surface area (Å²) in [7, 11) is 0. The summed E-state index contributed by atoms with van der Waals surface area (Å²) in [6.07, 6.45) is 0.915. The molecule has 0 spiro atoms. The van der Waals surface area contributed by atoms with Crippen molar-refractivity contribution in [3.8, 4) is 0 Å². The molecule has 76 valence electrons. The van der Waals surface area contributed by atoms with Crippen LogP contribution in [0.2, 0.25) is 0 Å². The highest BCUT2D eigenvalue weighted by Gasteiger charge is 2.04. The molecule has 0 atom stereocenters. The molecule has 0 radical (unpaired) electrons. The summed E-state index contributed by atoms with van der Waals surface area (Å²) in [5.41, 5.74) is 2.10. The zero-order valence-corrected chi connectivity index (χ0v) is 9.75. The number of rotatable bonds is 1. The summed E-state index contributed by atoms with van der Waals surface area (Å²) in [5.74, 6) is 1.01. The van der Waals surface area contributed by atoms with Crippen molar-refractivity contribution in [1.29, 1.82) is 0 Å². The molecule has 0 aliphatic heterocycles. The molecule has 2 rings (SSSR count). The van der Waals surface area contributed by atoms with Crippen LogP contribution in [0.3, 0.4) is 0 Å². The summed E-state index contributed by atoms with van der Waals surface area (Å²) < 4.78 is 1.84. The summed E-state index contributed by atoms with van der Waals surface area (Å²) in [5, 5.41) is 0. The van der Waals surface area contributed by atoms with E-state index < -0.39 is 0 Å². The molecule has 1 aromatic carbocycles. The predicted octanol–water partition coefficient (Wildman–Crippen LogP) is 3.32. The monoisotopic (exact) mass is 208 g/mol. The number of thiol groups is 1. The Kier molecular flexibility index (Phi) is 4.01. The van der Waals surface area contributed by atoms with E-state index in [1.165, 1.54) is 0 Å². The normalized spacial score (nSPS) is 9.71. The van der Waals surface area contributed by atoms with E-state index in [0.717, 1.165) is 23.3 Å². The molecule has 0 N–H and O–H groups in total. The lowest BCUT2D eigenvalue weighted by Gasteiger charge is -1.94. The number of benzene rings is 1. The minimum absolute atomic E-state index is 0.915. The molecule has 0 unspecified atom stereocenters. The Morgan fingerprint density at radius 2 is 1.93 bits per heavy atom. The van der Waals surface area contributed by atoms with Gasteiger partial charge in [0.15, 0.2) is 0 Å². The largest absolute Gasteiger partial charge is 0.272 e. The van der Waals surface area contributed by atoms with Crippen LogP contribution in [0.5, 0.6) is 0 Å². The molecule has 0 fully saturated rings. The number of aryl methyl sites for hydroxylation is 1. The molecule has 1 heterocycles. The Morgan fingerprint density at radius 1 is 1.29 bits per heavy atom. The molecule has 0 saturated carbocycles. The second-order valence-corrected chi connectivity index (χ2v) is 3.08. The SMILES string of the molecule is CC.CCc1nc2ccccc2n1S. The number of fused-ring (bicyclic) bond motifs is 1. The number of hydrogen-bond acceptors (Lipinski definition) is 2. The van der Waals surface area contributed by atoms with Gasteiger partial charge in [-0.25, -0.2) is 4.98 Å². The third-order valence-electron chi connectivity index (χ3n) is 1.92. The van der Waals surface area contributed by atoms with Gasteiger partial charge in [0.25, 0.3) is 0 Å². The van der Waals surface area contributed by atoms with Gasteiger partial charge in [-0.05, 0) is 12.1 Å². The van der Waals surface area contributed by atoms with Gasteiger partial charge < -0.3 is 0 Å². The summed E-state index contributed by atoms with van der Waals surface area (Å²) in [6, 6.07) is 8.01. The first kappa shape index (κ1) is 11.1. The van der Waals surface area contributed by atoms with Crippen LogP contribution in [-0.4, -0.2) is 8.96 Å². The van der Waals surface area contributed by atoms with Gasteiger partial charge in [0.05, 0.1) is 11.0 Å². The van der Waals surface area contributed by atoms with Crippen LogP contribution in [0.25, 0.3) is 11.0 Å². The van der Waals surface area contributed by atoms with Crippen LogP contribution >= 0.6 is 12.8 Å². The van der Waals surface area contributed by atoms with E-state index in [4.69, 9.17) is 0 Å². The summed E-state index contributed by atoms with van der Waals surface area (Å²) in [6.45, 7) is 6.08. The van der Waals surface area contributed by atoms with E-state index >= 15 is 0 Å². The van der Waals surface area contributed by atoms with E-state index in [2.05, 4.69) is 24.7 Å². The smallest absolute Gasteiger partial charge is 0.119 e. The van der Waals surface area contributed by atoms with E-state index in [0.29, 0.717) is 0 Å². The number of para-hydroxylation sites is 2. The number of imidazole rings is 1. The molecule has 0 aliphatic rings. The second-order valence-electron chi connectivity index (χ2n) is 2.68. The minimum Gasteiger partial charge on any atom is -0.272 e. The topological polar surface area (TPSA) is 17.8 Å². The quantitative estimate of drug-likeness (QED) is 0.712. The highest BCUT2D eigenvalue weighted by atomic mass is 32.1. The zero-order chi connectivity index (χ0) is 10.6. The molecule has 1 aromatic heterocycles. The third kappa shape index (κ3) is 1.93. The molecule has 0 bridgehead atoms. The fourth-order valence-corrected chi connectivity index (χ4v) is 1.65. The average Bonchev–Trinajstić information content (AvgIpc) is 2.59. The standard InChI is InChI=1S/C9H10N2S.C2H6/c1-2-9-10-7-5-3-4-6-8(7)11(9)12;1-2/h3-6,12H,2H2,1H3;1-2H3. The first-order valence-electron chi connectivity index (χ1n) is 4.98. The van der Waals surface area contributed by atoms with Gasteiger partial charge in [0.2, 0.25) is 0 Å². The van der Waals surface area contributed by atoms with Crippen molar-refractivity contribution in [2.24, 2.45) is 0 Å². The van der Waals surface area contributed by atoms with Gasteiger partial charge in [-0.1, -0.05) is 45.7 Å². The van der Waals surface area contributed by atoms with Crippen LogP contribution in [-0.2, 0) is 6.42 Å². The van der Waals surface area contributed by atoms with Crippen molar-refractivity contribution in [2.75, 3.05) is 0 Å². The fourth-order valence-electron chi connectivity index (χ4n) is 1.29. The highest BCUT2D eigenvalue weighted by molar-refractivity contribution is 7.78. The van der Waals surface area contributed by atoms with Crippen LogP contribution in [0, 0.1) is 0 Å². The van der Waals surface area contributed by atoms with Gasteiger partial charge >= 0.3 is 0 Å². The Balaban J connectivity index is 0.000000461. The van der Waals surface area contributed by atoms with Crippen molar-refractivity contribution < 1.29 is 0 Å². The Morgan fingerprint density at radius 3 is 2.50 bits per heavy atom. The van der Waals surface area contributed by atoms with Gasteiger partial charge in [-0.3, -0.25) is 3.97 Å². The van der Waals surface area contributed by atoms with Crippen LogP contribution in [0.4, 0.5) is 0 Å².